The van der Waals surface area contributed by atoms with Crippen LogP contribution in [0.4, 0.5) is 0 Å². The van der Waals surface area contributed by atoms with Crippen LogP contribution < -0.4 is 10.6 Å². The number of rotatable bonds is 6. The van der Waals surface area contributed by atoms with E-state index in [1.807, 2.05) is 0 Å². The van der Waals surface area contributed by atoms with Gasteiger partial charge in [-0.15, -0.1) is 6.58 Å². The van der Waals surface area contributed by atoms with E-state index < -0.39 is 0 Å². The zero-order valence-corrected chi connectivity index (χ0v) is 9.59. The predicted molar refractivity (Wildman–Crippen MR) is 62.6 cm³/mol. The summed E-state index contributed by atoms with van der Waals surface area (Å²) in [6.07, 6.45) is 5.60. The van der Waals surface area contributed by atoms with Crippen molar-refractivity contribution in [3.8, 4) is 0 Å². The van der Waals surface area contributed by atoms with E-state index in [4.69, 9.17) is 0 Å². The van der Waals surface area contributed by atoms with Crippen LogP contribution in [0.5, 0.6) is 0 Å². The molecule has 15 heavy (non-hydrogen) atoms. The highest BCUT2D eigenvalue weighted by Gasteiger charge is 2.21. The van der Waals surface area contributed by atoms with Crippen LogP contribution in [-0.2, 0) is 4.79 Å². The molecule has 0 heterocycles. The lowest BCUT2D eigenvalue weighted by Gasteiger charge is -2.11. The Hall–Kier alpha value is -0.830. The first-order valence-electron chi connectivity index (χ1n) is 5.80. The van der Waals surface area contributed by atoms with Crippen LogP contribution in [0.2, 0.25) is 0 Å². The molecule has 0 aromatic rings. The number of carbonyl (C=O) groups is 1. The van der Waals surface area contributed by atoms with Crippen LogP contribution in [0.1, 0.15) is 26.2 Å². The molecular formula is C12H22N2O. The Bertz CT molecular complexity index is 216. The largest absolute Gasteiger partial charge is 0.355 e. The van der Waals surface area contributed by atoms with Crippen LogP contribution in [0.3, 0.4) is 0 Å². The van der Waals surface area contributed by atoms with Crippen molar-refractivity contribution in [2.24, 2.45) is 11.8 Å². The molecule has 0 aliphatic heterocycles. The van der Waals surface area contributed by atoms with Gasteiger partial charge in [-0.2, -0.15) is 0 Å². The summed E-state index contributed by atoms with van der Waals surface area (Å²) in [5.41, 5.74) is 0. The Morgan fingerprint density at radius 2 is 2.33 bits per heavy atom. The molecule has 0 saturated heterocycles. The number of nitrogens with one attached hydrogen (secondary N) is 2. The molecule has 0 aromatic carbocycles. The summed E-state index contributed by atoms with van der Waals surface area (Å²) in [6.45, 7) is 7.80. The number of carbonyl (C=O) groups excluding carboxylic acids is 1. The highest BCUT2D eigenvalue weighted by molar-refractivity contribution is 5.77. The van der Waals surface area contributed by atoms with E-state index in [2.05, 4.69) is 24.1 Å². The van der Waals surface area contributed by atoms with E-state index in [0.717, 1.165) is 12.5 Å². The maximum Gasteiger partial charge on any atom is 0.233 e. The van der Waals surface area contributed by atoms with Gasteiger partial charge in [0.05, 0.1) is 6.54 Å². The van der Waals surface area contributed by atoms with Crippen LogP contribution in [0.15, 0.2) is 12.7 Å². The molecule has 1 fully saturated rings. The topological polar surface area (TPSA) is 41.1 Å². The minimum atomic E-state index is 0.0939. The quantitative estimate of drug-likeness (QED) is 0.513. The monoisotopic (exact) mass is 210 g/mol. The fourth-order valence-electron chi connectivity index (χ4n) is 2.12. The summed E-state index contributed by atoms with van der Waals surface area (Å²) in [4.78, 5) is 11.3. The molecule has 1 saturated carbocycles. The van der Waals surface area contributed by atoms with Gasteiger partial charge in [0.2, 0.25) is 5.91 Å². The summed E-state index contributed by atoms with van der Waals surface area (Å²) in [5.74, 6) is 1.63. The average Bonchev–Trinajstić information content (AvgIpc) is 2.62. The van der Waals surface area contributed by atoms with Crippen molar-refractivity contribution in [1.29, 1.82) is 0 Å². The van der Waals surface area contributed by atoms with E-state index in [9.17, 15) is 4.79 Å². The SMILES string of the molecule is C=CCNCC(=O)NCC1CCC(C)C1. The van der Waals surface area contributed by atoms with E-state index in [1.165, 1.54) is 19.3 Å². The van der Waals surface area contributed by atoms with Gasteiger partial charge in [0.1, 0.15) is 0 Å². The molecule has 1 aliphatic carbocycles. The minimum absolute atomic E-state index is 0.0939. The van der Waals surface area contributed by atoms with Crippen molar-refractivity contribution in [3.05, 3.63) is 12.7 Å². The van der Waals surface area contributed by atoms with Gasteiger partial charge in [0.25, 0.3) is 0 Å². The van der Waals surface area contributed by atoms with E-state index in [0.29, 0.717) is 19.0 Å². The molecule has 2 N–H and O–H groups in total. The summed E-state index contributed by atoms with van der Waals surface area (Å²) in [6, 6.07) is 0. The Morgan fingerprint density at radius 1 is 1.53 bits per heavy atom. The van der Waals surface area contributed by atoms with Crippen LogP contribution in [-0.4, -0.2) is 25.5 Å². The molecule has 1 amide bonds. The van der Waals surface area contributed by atoms with Gasteiger partial charge in [0, 0.05) is 13.1 Å². The molecule has 2 atom stereocenters. The Balaban J connectivity index is 2.03. The fourth-order valence-corrected chi connectivity index (χ4v) is 2.12. The van der Waals surface area contributed by atoms with E-state index in [-0.39, 0.29) is 5.91 Å². The third-order valence-electron chi connectivity index (χ3n) is 2.97. The second-order valence-electron chi connectivity index (χ2n) is 4.51. The van der Waals surface area contributed by atoms with Crippen molar-refractivity contribution < 1.29 is 4.79 Å². The van der Waals surface area contributed by atoms with Gasteiger partial charge in [-0.25, -0.2) is 0 Å². The van der Waals surface area contributed by atoms with Gasteiger partial charge in [0.15, 0.2) is 0 Å². The van der Waals surface area contributed by atoms with Crippen molar-refractivity contribution in [2.75, 3.05) is 19.6 Å². The highest BCUT2D eigenvalue weighted by Crippen LogP contribution is 2.29. The zero-order valence-electron chi connectivity index (χ0n) is 9.59. The molecule has 1 rings (SSSR count). The first-order valence-corrected chi connectivity index (χ1v) is 5.80. The molecule has 0 radical (unpaired) electrons. The fraction of sp³-hybridized carbons (Fsp3) is 0.750. The third kappa shape index (κ3) is 4.98. The number of hydrogen-bond acceptors (Lipinski definition) is 2. The molecule has 0 spiro atoms. The van der Waals surface area contributed by atoms with Gasteiger partial charge in [-0.3, -0.25) is 4.79 Å². The Morgan fingerprint density at radius 3 is 2.93 bits per heavy atom. The van der Waals surface area contributed by atoms with E-state index in [1.54, 1.807) is 6.08 Å². The zero-order chi connectivity index (χ0) is 11.1. The van der Waals surface area contributed by atoms with Crippen LogP contribution >= 0.6 is 0 Å². The van der Waals surface area contributed by atoms with Gasteiger partial charge >= 0.3 is 0 Å². The van der Waals surface area contributed by atoms with Gasteiger partial charge in [-0.1, -0.05) is 19.4 Å². The second-order valence-corrected chi connectivity index (χ2v) is 4.51. The summed E-state index contributed by atoms with van der Waals surface area (Å²) >= 11 is 0. The first-order chi connectivity index (χ1) is 7.22. The number of hydrogen-bond donors (Lipinski definition) is 2. The van der Waals surface area contributed by atoms with Crippen LogP contribution in [0, 0.1) is 11.8 Å². The molecule has 1 aliphatic rings. The molecule has 86 valence electrons. The Kier molecular flexibility index (Phi) is 5.40. The molecule has 0 bridgehead atoms. The van der Waals surface area contributed by atoms with Crippen LogP contribution in [0.25, 0.3) is 0 Å². The van der Waals surface area contributed by atoms with Crippen molar-refractivity contribution >= 4 is 5.91 Å². The summed E-state index contributed by atoms with van der Waals surface area (Å²) < 4.78 is 0. The lowest BCUT2D eigenvalue weighted by molar-refractivity contribution is -0.120. The Labute approximate surface area is 92.3 Å². The number of amides is 1. The van der Waals surface area contributed by atoms with Crippen molar-refractivity contribution in [3.63, 3.8) is 0 Å². The average molecular weight is 210 g/mol. The maximum absolute atomic E-state index is 11.3. The summed E-state index contributed by atoms with van der Waals surface area (Å²) in [7, 11) is 0. The highest BCUT2D eigenvalue weighted by atomic mass is 16.1. The molecule has 0 aromatic heterocycles. The molecular weight excluding hydrogens is 188 g/mol. The molecule has 2 unspecified atom stereocenters. The lowest BCUT2D eigenvalue weighted by atomic mass is 10.1. The van der Waals surface area contributed by atoms with Gasteiger partial charge < -0.3 is 10.6 Å². The molecule has 3 nitrogen and oxygen atoms in total. The standard InChI is InChI=1S/C12H22N2O/c1-3-6-13-9-12(15)14-8-11-5-4-10(2)7-11/h3,10-11,13H,1,4-9H2,2H3,(H,14,15). The lowest BCUT2D eigenvalue weighted by Crippen LogP contribution is -2.36. The molecule has 3 heteroatoms. The van der Waals surface area contributed by atoms with E-state index >= 15 is 0 Å². The van der Waals surface area contributed by atoms with Crippen molar-refractivity contribution in [1.82, 2.24) is 10.6 Å². The van der Waals surface area contributed by atoms with Gasteiger partial charge in [-0.05, 0) is 24.7 Å². The normalized spacial score (nSPS) is 25.1. The summed E-state index contributed by atoms with van der Waals surface area (Å²) in [5, 5.41) is 5.96. The predicted octanol–water partition coefficient (Wildman–Crippen LogP) is 1.31. The maximum atomic E-state index is 11.3. The van der Waals surface area contributed by atoms with Crippen molar-refractivity contribution in [2.45, 2.75) is 26.2 Å². The second kappa shape index (κ2) is 6.62. The first kappa shape index (κ1) is 12.2. The smallest absolute Gasteiger partial charge is 0.233 e. The third-order valence-corrected chi connectivity index (χ3v) is 2.97. The minimum Gasteiger partial charge on any atom is -0.355 e.